The van der Waals surface area contributed by atoms with Gasteiger partial charge in [-0.25, -0.2) is 13.4 Å². The number of fused-ring (bicyclic) bond motifs is 1. The maximum absolute atomic E-state index is 14.8. The zero-order valence-electron chi connectivity index (χ0n) is 24.2. The SMILES string of the molecule is CNC1CCC(N(Cc2cc(-c3ccc(CS(=N)(=O)O)nc3)ccc2OC)C(=O)c2sc3c(F)ccc(C)c3c2Cl)CC1. The van der Waals surface area contributed by atoms with E-state index in [0.717, 1.165) is 59.3 Å². The van der Waals surface area contributed by atoms with Crippen LogP contribution in [0.3, 0.4) is 0 Å². The van der Waals surface area contributed by atoms with Crippen molar-refractivity contribution in [1.29, 1.82) is 4.78 Å². The predicted molar refractivity (Wildman–Crippen MR) is 170 cm³/mol. The summed E-state index contributed by atoms with van der Waals surface area (Å²) in [4.78, 5) is 20.8. The number of thiophene rings is 1. The molecule has 0 saturated heterocycles. The number of nitrogens with one attached hydrogen (secondary N) is 2. The van der Waals surface area contributed by atoms with E-state index in [4.69, 9.17) is 21.1 Å². The van der Waals surface area contributed by atoms with Gasteiger partial charge < -0.3 is 19.5 Å². The van der Waals surface area contributed by atoms with E-state index in [-0.39, 0.29) is 29.3 Å². The van der Waals surface area contributed by atoms with Crippen LogP contribution in [0.5, 0.6) is 5.75 Å². The van der Waals surface area contributed by atoms with Gasteiger partial charge in [-0.2, -0.15) is 0 Å². The summed E-state index contributed by atoms with van der Waals surface area (Å²) in [5.41, 5.74) is 3.55. The monoisotopic (exact) mass is 644 g/mol. The van der Waals surface area contributed by atoms with Crippen molar-refractivity contribution in [3.63, 3.8) is 0 Å². The Labute approximate surface area is 260 Å². The Balaban J connectivity index is 1.52. The first-order chi connectivity index (χ1) is 20.5. The fourth-order valence-electron chi connectivity index (χ4n) is 5.75. The molecule has 0 radical (unpaired) electrons. The maximum atomic E-state index is 14.8. The molecule has 12 heteroatoms. The predicted octanol–water partition coefficient (Wildman–Crippen LogP) is 7.27. The van der Waals surface area contributed by atoms with Gasteiger partial charge in [0, 0.05) is 41.3 Å². The summed E-state index contributed by atoms with van der Waals surface area (Å²) in [7, 11) is -0.161. The normalized spacial score (nSPS) is 18.4. The molecule has 3 N–H and O–H groups in total. The first kappa shape index (κ1) is 31.3. The molecule has 0 spiro atoms. The van der Waals surface area contributed by atoms with Crippen LogP contribution in [0, 0.1) is 17.5 Å². The number of hydrogen-bond donors (Lipinski definition) is 3. The molecule has 5 rings (SSSR count). The van der Waals surface area contributed by atoms with Crippen molar-refractivity contribution in [2.24, 2.45) is 0 Å². The molecule has 2 aromatic carbocycles. The van der Waals surface area contributed by atoms with Gasteiger partial charge in [-0.1, -0.05) is 29.8 Å². The number of pyridine rings is 1. The molecule has 1 unspecified atom stereocenters. The van der Waals surface area contributed by atoms with Crippen LogP contribution < -0.4 is 10.1 Å². The summed E-state index contributed by atoms with van der Waals surface area (Å²) in [5, 5.41) is 4.20. The van der Waals surface area contributed by atoms with E-state index >= 15 is 0 Å². The number of benzene rings is 2. The standard InChI is InChI=1S/C31H34ClFN4O4S2/c1-18-4-12-25(33)29-27(18)28(32)30(42-29)31(38)37(24-10-8-22(35-2)9-11-24)16-21-14-19(6-13-26(21)41-3)20-5-7-23(36-15-20)17-43(34,39)40/h4-7,12-15,22,24,35H,8-11,16-17H2,1-3H3,(H2,34,39,40). The zero-order valence-corrected chi connectivity index (χ0v) is 26.5. The molecular weight excluding hydrogens is 611 g/mol. The van der Waals surface area contributed by atoms with E-state index < -0.39 is 15.8 Å². The first-order valence-corrected chi connectivity index (χ1v) is 16.8. The molecule has 1 amide bonds. The Morgan fingerprint density at radius 2 is 1.93 bits per heavy atom. The lowest BCUT2D eigenvalue weighted by molar-refractivity contribution is 0.0604. The van der Waals surface area contributed by atoms with Crippen molar-refractivity contribution < 1.29 is 22.7 Å². The summed E-state index contributed by atoms with van der Waals surface area (Å²) >= 11 is 7.88. The molecule has 2 heterocycles. The number of hydrogen-bond acceptors (Lipinski definition) is 7. The minimum atomic E-state index is -3.70. The van der Waals surface area contributed by atoms with Gasteiger partial charge in [0.25, 0.3) is 5.91 Å². The molecule has 4 aromatic rings. The molecule has 1 fully saturated rings. The van der Waals surface area contributed by atoms with Crippen molar-refractivity contribution >= 4 is 48.9 Å². The van der Waals surface area contributed by atoms with E-state index in [9.17, 15) is 17.9 Å². The number of rotatable bonds is 9. The van der Waals surface area contributed by atoms with Crippen LogP contribution in [-0.4, -0.2) is 50.8 Å². The largest absolute Gasteiger partial charge is 0.496 e. The fourth-order valence-corrected chi connectivity index (χ4v) is 7.94. The van der Waals surface area contributed by atoms with Crippen LogP contribution in [0.2, 0.25) is 5.02 Å². The number of methoxy groups -OCH3 is 1. The molecule has 1 atom stereocenters. The van der Waals surface area contributed by atoms with Gasteiger partial charge in [0.05, 0.1) is 28.3 Å². The van der Waals surface area contributed by atoms with E-state index in [1.165, 1.54) is 6.07 Å². The minimum absolute atomic E-state index is 0.0446. The van der Waals surface area contributed by atoms with Gasteiger partial charge in [-0.05, 0) is 75.0 Å². The number of carbonyl (C=O) groups excluding carboxylic acids is 1. The highest BCUT2D eigenvalue weighted by atomic mass is 35.5. The third-order valence-electron chi connectivity index (χ3n) is 8.06. The third kappa shape index (κ3) is 6.86. The van der Waals surface area contributed by atoms with E-state index in [2.05, 4.69) is 10.3 Å². The number of halogens is 2. The van der Waals surface area contributed by atoms with Gasteiger partial charge in [-0.15, -0.1) is 11.3 Å². The number of nitrogens with zero attached hydrogens (tertiary/aromatic N) is 2. The van der Waals surface area contributed by atoms with Crippen LogP contribution in [-0.2, 0) is 22.3 Å². The second kappa shape index (κ2) is 12.9. The fraction of sp³-hybridized carbons (Fsp3) is 0.355. The zero-order chi connectivity index (χ0) is 30.9. The molecule has 1 aliphatic carbocycles. The molecule has 228 valence electrons. The van der Waals surface area contributed by atoms with Crippen LogP contribution >= 0.6 is 22.9 Å². The number of amides is 1. The molecule has 2 aromatic heterocycles. The van der Waals surface area contributed by atoms with E-state index in [1.54, 1.807) is 31.5 Å². The topological polar surface area (TPSA) is 116 Å². The minimum Gasteiger partial charge on any atom is -0.496 e. The summed E-state index contributed by atoms with van der Waals surface area (Å²) in [6.45, 7) is 2.12. The van der Waals surface area contributed by atoms with Gasteiger partial charge in [-0.3, -0.25) is 9.78 Å². The number of aryl methyl sites for hydroxylation is 1. The number of carbonyl (C=O) groups is 1. The summed E-state index contributed by atoms with van der Waals surface area (Å²) in [5.74, 6) is -0.365. The van der Waals surface area contributed by atoms with Crippen molar-refractivity contribution in [2.45, 2.75) is 57.0 Å². The molecular formula is C31H34ClFN4O4S2. The second-order valence-electron chi connectivity index (χ2n) is 10.9. The van der Waals surface area contributed by atoms with Crippen molar-refractivity contribution in [2.75, 3.05) is 14.2 Å². The smallest absolute Gasteiger partial charge is 0.266 e. The Bertz CT molecular complexity index is 1750. The maximum Gasteiger partial charge on any atom is 0.266 e. The highest BCUT2D eigenvalue weighted by Gasteiger charge is 2.32. The Hall–Kier alpha value is -3.09. The third-order valence-corrected chi connectivity index (χ3v) is 10.4. The highest BCUT2D eigenvalue weighted by Crippen LogP contribution is 2.41. The molecule has 8 nitrogen and oxygen atoms in total. The van der Waals surface area contributed by atoms with Gasteiger partial charge in [0.2, 0.25) is 0 Å². The van der Waals surface area contributed by atoms with Crippen molar-refractivity contribution in [3.8, 4) is 16.9 Å². The van der Waals surface area contributed by atoms with Crippen LogP contribution in [0.4, 0.5) is 4.39 Å². The molecule has 1 saturated carbocycles. The summed E-state index contributed by atoms with van der Waals surface area (Å²) < 4.78 is 49.0. The lowest BCUT2D eigenvalue weighted by Crippen LogP contribution is -2.44. The van der Waals surface area contributed by atoms with E-state index in [0.29, 0.717) is 32.4 Å². The van der Waals surface area contributed by atoms with Crippen LogP contribution in [0.1, 0.15) is 52.2 Å². The molecule has 43 heavy (non-hydrogen) atoms. The average molecular weight is 645 g/mol. The second-order valence-corrected chi connectivity index (χ2v) is 13.9. The van der Waals surface area contributed by atoms with Gasteiger partial charge in [0.15, 0.2) is 10.0 Å². The van der Waals surface area contributed by atoms with E-state index in [1.807, 2.05) is 37.1 Å². The first-order valence-electron chi connectivity index (χ1n) is 14.0. The van der Waals surface area contributed by atoms with Gasteiger partial charge in [0.1, 0.15) is 16.4 Å². The Kier molecular flexibility index (Phi) is 9.38. The number of aromatic nitrogens is 1. The van der Waals surface area contributed by atoms with Crippen LogP contribution in [0.15, 0.2) is 48.7 Å². The van der Waals surface area contributed by atoms with Crippen molar-refractivity contribution in [3.05, 3.63) is 81.2 Å². The lowest BCUT2D eigenvalue weighted by atomic mass is 9.89. The van der Waals surface area contributed by atoms with Gasteiger partial charge >= 0.3 is 0 Å². The highest BCUT2D eigenvalue weighted by molar-refractivity contribution is 7.86. The average Bonchev–Trinajstić information content (AvgIpc) is 3.35. The molecule has 0 bridgehead atoms. The van der Waals surface area contributed by atoms with Crippen molar-refractivity contribution in [1.82, 2.24) is 15.2 Å². The Morgan fingerprint density at radius 3 is 2.53 bits per heavy atom. The van der Waals surface area contributed by atoms with Crippen LogP contribution in [0.25, 0.3) is 21.2 Å². The lowest BCUT2D eigenvalue weighted by Gasteiger charge is -2.37. The Morgan fingerprint density at radius 1 is 1.21 bits per heavy atom. The quantitative estimate of drug-likeness (QED) is 0.177. The summed E-state index contributed by atoms with van der Waals surface area (Å²) in [6, 6.07) is 12.5. The molecule has 1 aliphatic rings. The summed E-state index contributed by atoms with van der Waals surface area (Å²) in [6.07, 6.45) is 5.07. The molecule has 0 aliphatic heterocycles. The number of ether oxygens (including phenoxy) is 1.